The highest BCUT2D eigenvalue weighted by Gasteiger charge is 2.44. The number of aliphatic hydroxyl groups excluding tert-OH is 1. The second kappa shape index (κ2) is 10.9. The Morgan fingerprint density at radius 2 is 1.87 bits per heavy atom. The number of H-pyrrole nitrogens is 1. The average Bonchev–Trinajstić information content (AvgIpc) is 3.24. The van der Waals surface area contributed by atoms with E-state index in [9.17, 15) is 18.3 Å². The number of aromatic nitrogens is 1. The van der Waals surface area contributed by atoms with Crippen LogP contribution in [0.3, 0.4) is 0 Å². The fraction of sp³-hybridized carbons (Fsp3) is 0.483. The first-order valence-electron chi connectivity index (χ1n) is 13.1. The molecule has 39 heavy (non-hydrogen) atoms. The number of para-hydroxylation sites is 1. The average molecular weight is 547 g/mol. The van der Waals surface area contributed by atoms with Gasteiger partial charge in [-0.3, -0.25) is 9.29 Å². The van der Waals surface area contributed by atoms with Gasteiger partial charge >= 0.3 is 0 Å². The van der Waals surface area contributed by atoms with E-state index in [1.54, 1.807) is 6.92 Å². The summed E-state index contributed by atoms with van der Waals surface area (Å²) in [5, 5.41) is 10.1. The Kier molecular flexibility index (Phi) is 7.68. The zero-order valence-corrected chi connectivity index (χ0v) is 21.6. The van der Waals surface area contributed by atoms with Crippen LogP contribution in [-0.4, -0.2) is 71.3 Å². The molecule has 3 heterocycles. The van der Waals surface area contributed by atoms with Gasteiger partial charge in [0.2, 0.25) is 0 Å². The Morgan fingerprint density at radius 3 is 2.51 bits per heavy atom. The van der Waals surface area contributed by atoms with E-state index in [0.29, 0.717) is 38.2 Å². The second-order valence-corrected chi connectivity index (χ2v) is 10.7. The number of likely N-dealkylation sites (tertiary alicyclic amines) is 1. The highest BCUT2D eigenvalue weighted by atomic mass is 19.3. The fourth-order valence-corrected chi connectivity index (χ4v) is 6.14. The highest BCUT2D eigenvalue weighted by Crippen LogP contribution is 2.44. The molecule has 208 valence electrons. The number of fused-ring (bicyclic) bond motifs is 3. The van der Waals surface area contributed by atoms with Crippen LogP contribution in [0.4, 0.5) is 22.0 Å². The monoisotopic (exact) mass is 546 g/mol. The topological polar surface area (TPSA) is 46.9 Å². The SMILES string of the molecule is [C-]#[N+]C(c1cc(F)c([C@@H]2c3[nH]c4ccccc4c3C[C@@H](C)N2CC(F)(F)CO)c(F)c1)C1CN(CCCF)C1. The quantitative estimate of drug-likeness (QED) is 0.269. The Morgan fingerprint density at radius 1 is 1.18 bits per heavy atom. The van der Waals surface area contributed by atoms with Crippen molar-refractivity contribution in [2.45, 2.75) is 43.8 Å². The number of hydrogen-bond donors (Lipinski definition) is 2. The van der Waals surface area contributed by atoms with Gasteiger partial charge in [-0.1, -0.05) is 18.2 Å². The first-order valence-corrected chi connectivity index (χ1v) is 13.1. The molecular formula is C29H31F5N4O. The fourth-order valence-electron chi connectivity index (χ4n) is 6.14. The number of aromatic amines is 1. The van der Waals surface area contributed by atoms with Crippen LogP contribution in [0.15, 0.2) is 36.4 Å². The predicted octanol–water partition coefficient (Wildman–Crippen LogP) is 5.66. The minimum atomic E-state index is -3.48. The standard InChI is InChI=1S/C29H31F5N4O/c1-17-10-21-20-6-3-4-7-24(20)36-27(21)28(38(17)15-29(33,34)16-39)25-22(31)11-18(12-23(25)32)26(35-2)19-13-37(14-19)9-5-8-30/h3-4,6-7,11-12,17,19,26,28,36,39H,5,8-10,13-16H2,1H3/t17-,26?,28-/m1/s1. The summed E-state index contributed by atoms with van der Waals surface area (Å²) in [7, 11) is 0. The number of nitrogens with one attached hydrogen (secondary N) is 1. The maximum Gasteiger partial charge on any atom is 0.283 e. The summed E-state index contributed by atoms with van der Waals surface area (Å²) in [6.45, 7) is 8.37. The van der Waals surface area contributed by atoms with Crippen LogP contribution in [0.2, 0.25) is 0 Å². The molecular weight excluding hydrogens is 515 g/mol. The smallest absolute Gasteiger partial charge is 0.283 e. The summed E-state index contributed by atoms with van der Waals surface area (Å²) >= 11 is 0. The van der Waals surface area contributed by atoms with Crippen LogP contribution in [0.25, 0.3) is 15.7 Å². The Balaban J connectivity index is 1.55. The van der Waals surface area contributed by atoms with Gasteiger partial charge in [0.25, 0.3) is 12.0 Å². The molecule has 5 nitrogen and oxygen atoms in total. The van der Waals surface area contributed by atoms with Gasteiger partial charge in [0, 0.05) is 53.4 Å². The molecule has 0 amide bonds. The number of nitrogens with zero attached hydrogens (tertiary/aromatic N) is 3. The Bertz CT molecular complexity index is 1360. The largest absolute Gasteiger partial charge is 0.390 e. The van der Waals surface area contributed by atoms with Crippen molar-refractivity contribution in [3.05, 3.63) is 81.8 Å². The minimum absolute atomic E-state index is 0.137. The van der Waals surface area contributed by atoms with E-state index in [1.165, 1.54) is 4.90 Å². The van der Waals surface area contributed by atoms with Gasteiger partial charge in [-0.15, -0.1) is 0 Å². The first kappa shape index (κ1) is 27.6. The Labute approximate surface area is 224 Å². The number of hydrogen-bond acceptors (Lipinski definition) is 3. The molecule has 1 unspecified atom stereocenters. The number of alkyl halides is 3. The van der Waals surface area contributed by atoms with Crippen LogP contribution in [-0.2, 0) is 6.42 Å². The molecule has 2 aromatic carbocycles. The number of aliphatic hydroxyl groups is 1. The number of halogens is 5. The molecule has 2 aliphatic heterocycles. The lowest BCUT2D eigenvalue weighted by Crippen LogP contribution is -2.49. The van der Waals surface area contributed by atoms with Crippen molar-refractivity contribution in [1.82, 2.24) is 14.8 Å². The van der Waals surface area contributed by atoms with Crippen molar-refractivity contribution < 1.29 is 27.1 Å². The molecule has 0 spiro atoms. The third kappa shape index (κ3) is 5.15. The molecule has 2 N–H and O–H groups in total. The third-order valence-corrected chi connectivity index (χ3v) is 8.06. The van der Waals surface area contributed by atoms with Crippen molar-refractivity contribution in [2.24, 2.45) is 5.92 Å². The first-order chi connectivity index (χ1) is 18.7. The van der Waals surface area contributed by atoms with Gasteiger partial charge in [0.05, 0.1) is 25.2 Å². The summed E-state index contributed by atoms with van der Waals surface area (Å²) in [5.41, 5.74) is 1.83. The molecule has 1 aromatic heterocycles. The van der Waals surface area contributed by atoms with Gasteiger partial charge in [-0.2, -0.15) is 0 Å². The van der Waals surface area contributed by atoms with Gasteiger partial charge < -0.3 is 19.8 Å². The molecule has 10 heteroatoms. The zero-order chi connectivity index (χ0) is 27.9. The third-order valence-electron chi connectivity index (χ3n) is 8.06. The van der Waals surface area contributed by atoms with Crippen LogP contribution in [0.1, 0.15) is 47.8 Å². The summed E-state index contributed by atoms with van der Waals surface area (Å²) in [6, 6.07) is 7.22. The van der Waals surface area contributed by atoms with Gasteiger partial charge in [0.15, 0.2) is 0 Å². The molecule has 2 aliphatic rings. The lowest BCUT2D eigenvalue weighted by Gasteiger charge is -2.42. The lowest BCUT2D eigenvalue weighted by molar-refractivity contribution is -0.0869. The van der Waals surface area contributed by atoms with Gasteiger partial charge in [-0.05, 0) is 43.5 Å². The van der Waals surface area contributed by atoms with E-state index in [4.69, 9.17) is 6.57 Å². The van der Waals surface area contributed by atoms with E-state index in [0.717, 1.165) is 28.6 Å². The zero-order valence-electron chi connectivity index (χ0n) is 21.6. The molecule has 1 fully saturated rings. The van der Waals surface area contributed by atoms with Crippen LogP contribution < -0.4 is 0 Å². The molecule has 1 saturated heterocycles. The normalized spacial score (nSPS) is 21.5. The van der Waals surface area contributed by atoms with Crippen LogP contribution in [0.5, 0.6) is 0 Å². The molecule has 0 saturated carbocycles. The summed E-state index contributed by atoms with van der Waals surface area (Å²) in [4.78, 5) is 10.2. The van der Waals surface area contributed by atoms with Crippen molar-refractivity contribution in [3.8, 4) is 0 Å². The second-order valence-electron chi connectivity index (χ2n) is 10.7. The lowest BCUT2D eigenvalue weighted by atomic mass is 9.84. The van der Waals surface area contributed by atoms with Crippen LogP contribution >= 0.6 is 0 Å². The van der Waals surface area contributed by atoms with Crippen molar-refractivity contribution in [2.75, 3.05) is 39.5 Å². The molecule has 0 radical (unpaired) electrons. The molecule has 0 aliphatic carbocycles. The van der Waals surface area contributed by atoms with Gasteiger partial charge in [-0.25, -0.2) is 24.1 Å². The predicted molar refractivity (Wildman–Crippen MR) is 138 cm³/mol. The van der Waals surface area contributed by atoms with E-state index < -0.39 is 55.5 Å². The molecule has 5 rings (SSSR count). The molecule has 3 aromatic rings. The van der Waals surface area contributed by atoms with Gasteiger partial charge in [0.1, 0.15) is 18.2 Å². The summed E-state index contributed by atoms with van der Waals surface area (Å²) in [6.07, 6.45) is 0.786. The van der Waals surface area contributed by atoms with Crippen molar-refractivity contribution in [1.29, 1.82) is 0 Å². The van der Waals surface area contributed by atoms with E-state index in [1.807, 2.05) is 29.2 Å². The summed E-state index contributed by atoms with van der Waals surface area (Å²) < 4.78 is 73.3. The van der Waals surface area contributed by atoms with Crippen LogP contribution in [0, 0.1) is 24.1 Å². The molecule has 3 atom stereocenters. The maximum atomic E-state index is 15.9. The van der Waals surface area contributed by atoms with E-state index >= 15 is 8.78 Å². The van der Waals surface area contributed by atoms with Crippen molar-refractivity contribution in [3.63, 3.8) is 0 Å². The Hall–Kier alpha value is -3.00. The maximum absolute atomic E-state index is 15.9. The summed E-state index contributed by atoms with van der Waals surface area (Å²) in [5.74, 6) is -5.43. The van der Waals surface area contributed by atoms with Crippen molar-refractivity contribution >= 4 is 10.9 Å². The van der Waals surface area contributed by atoms with E-state index in [-0.39, 0.29) is 17.0 Å². The number of rotatable bonds is 9. The van der Waals surface area contributed by atoms with E-state index in [2.05, 4.69) is 9.83 Å². The highest BCUT2D eigenvalue weighted by molar-refractivity contribution is 5.85. The number of benzene rings is 2. The molecule has 0 bridgehead atoms. The minimum Gasteiger partial charge on any atom is -0.390 e.